The normalized spacial score (nSPS) is 35.0. The molecule has 0 saturated carbocycles. The Morgan fingerprint density at radius 3 is 2.33 bits per heavy atom. The number of cyclic esters (lactones) is 1. The lowest BCUT2D eigenvalue weighted by Crippen LogP contribution is -2.60. The standard InChI is InChI=1S/C18H20O9/c19-8-6-4-2-1-3-5-7-11-12(9-14(21)25-11)26-18-17(24)16(23)15(22)13(10-20)27-18/h11-13,15-20,22-24H,7-10H2/t11-,12+,13-,15-,16+,17-,18-/m1/s1. The van der Waals surface area contributed by atoms with Gasteiger partial charge in [0.15, 0.2) is 6.29 Å². The highest BCUT2D eigenvalue weighted by Gasteiger charge is 2.47. The number of rotatable bonds is 4. The fraction of sp³-hybridized carbons (Fsp3) is 0.611. The number of aliphatic hydroxyl groups is 5. The third-order valence-electron chi connectivity index (χ3n) is 3.97. The summed E-state index contributed by atoms with van der Waals surface area (Å²) in [5.41, 5.74) is 0. The number of esters is 1. The summed E-state index contributed by atoms with van der Waals surface area (Å²) in [6.45, 7) is -0.880. The highest BCUT2D eigenvalue weighted by atomic mass is 16.7. The first kappa shape index (κ1) is 21.2. The first-order chi connectivity index (χ1) is 13.0. The van der Waals surface area contributed by atoms with Crippen LogP contribution in [0.4, 0.5) is 0 Å². The van der Waals surface area contributed by atoms with Crippen LogP contribution in [-0.4, -0.2) is 87.6 Å². The molecule has 0 amide bonds. The molecule has 9 nitrogen and oxygen atoms in total. The summed E-state index contributed by atoms with van der Waals surface area (Å²) in [4.78, 5) is 11.6. The number of carbonyl (C=O) groups excluding carboxylic acids is 1. The van der Waals surface area contributed by atoms with Gasteiger partial charge in [-0.2, -0.15) is 0 Å². The van der Waals surface area contributed by atoms with E-state index in [1.54, 1.807) is 0 Å². The van der Waals surface area contributed by atoms with E-state index in [0.29, 0.717) is 0 Å². The van der Waals surface area contributed by atoms with E-state index in [1.807, 2.05) is 0 Å². The van der Waals surface area contributed by atoms with Crippen molar-refractivity contribution in [3.63, 3.8) is 0 Å². The first-order valence-electron chi connectivity index (χ1n) is 8.20. The Kier molecular flexibility index (Phi) is 8.05. The van der Waals surface area contributed by atoms with Gasteiger partial charge in [-0.1, -0.05) is 11.8 Å². The van der Waals surface area contributed by atoms with Crippen molar-refractivity contribution >= 4 is 5.97 Å². The number of ether oxygens (including phenoxy) is 3. The summed E-state index contributed by atoms with van der Waals surface area (Å²) >= 11 is 0. The van der Waals surface area contributed by atoms with E-state index in [1.165, 1.54) is 0 Å². The molecule has 0 aromatic heterocycles. The number of hydrogen-bond donors (Lipinski definition) is 5. The van der Waals surface area contributed by atoms with Crippen molar-refractivity contribution in [2.75, 3.05) is 13.2 Å². The van der Waals surface area contributed by atoms with Crippen LogP contribution in [0.1, 0.15) is 12.8 Å². The maximum absolute atomic E-state index is 11.6. The predicted molar refractivity (Wildman–Crippen MR) is 88.2 cm³/mol. The monoisotopic (exact) mass is 380 g/mol. The lowest BCUT2D eigenvalue weighted by atomic mass is 9.99. The summed E-state index contributed by atoms with van der Waals surface area (Å²) in [5.74, 6) is 14.3. The molecule has 2 aliphatic rings. The molecule has 0 unspecified atom stereocenters. The molecule has 27 heavy (non-hydrogen) atoms. The van der Waals surface area contributed by atoms with Crippen molar-refractivity contribution < 1.29 is 44.5 Å². The summed E-state index contributed by atoms with van der Waals surface area (Å²) in [5, 5.41) is 47.2. The molecule has 2 heterocycles. The molecule has 2 aliphatic heterocycles. The number of carbonyl (C=O) groups is 1. The zero-order valence-corrected chi connectivity index (χ0v) is 14.2. The largest absolute Gasteiger partial charge is 0.458 e. The minimum Gasteiger partial charge on any atom is -0.458 e. The predicted octanol–water partition coefficient (Wildman–Crippen LogP) is -3.12. The molecular weight excluding hydrogens is 360 g/mol. The molecule has 0 spiro atoms. The van der Waals surface area contributed by atoms with Gasteiger partial charge in [0.05, 0.1) is 13.0 Å². The van der Waals surface area contributed by atoms with Crippen molar-refractivity contribution in [2.24, 2.45) is 0 Å². The van der Waals surface area contributed by atoms with E-state index < -0.39 is 55.5 Å². The average molecular weight is 380 g/mol. The van der Waals surface area contributed by atoms with Gasteiger partial charge in [-0.15, -0.1) is 0 Å². The second-order valence-corrected chi connectivity index (χ2v) is 5.82. The molecule has 0 aromatic rings. The van der Waals surface area contributed by atoms with E-state index in [0.717, 1.165) is 0 Å². The van der Waals surface area contributed by atoms with Crippen molar-refractivity contribution in [3.8, 4) is 35.5 Å². The van der Waals surface area contributed by atoms with Crippen LogP contribution in [0.15, 0.2) is 0 Å². The summed E-state index contributed by atoms with van der Waals surface area (Å²) < 4.78 is 15.9. The average Bonchev–Trinajstić information content (AvgIpc) is 3.00. The molecule has 2 saturated heterocycles. The Labute approximate surface area is 155 Å². The van der Waals surface area contributed by atoms with Crippen molar-refractivity contribution in [3.05, 3.63) is 0 Å². The van der Waals surface area contributed by atoms with E-state index >= 15 is 0 Å². The van der Waals surface area contributed by atoms with Crippen molar-refractivity contribution in [2.45, 2.75) is 55.8 Å². The van der Waals surface area contributed by atoms with Gasteiger partial charge in [0.1, 0.15) is 43.2 Å². The van der Waals surface area contributed by atoms with Crippen molar-refractivity contribution in [1.82, 2.24) is 0 Å². The smallest absolute Gasteiger partial charge is 0.308 e. The zero-order chi connectivity index (χ0) is 19.8. The van der Waals surface area contributed by atoms with Crippen molar-refractivity contribution in [1.29, 1.82) is 0 Å². The fourth-order valence-corrected chi connectivity index (χ4v) is 2.59. The molecule has 0 aliphatic carbocycles. The Morgan fingerprint density at radius 2 is 1.67 bits per heavy atom. The highest BCUT2D eigenvalue weighted by Crippen LogP contribution is 2.28. The molecule has 9 heteroatoms. The summed E-state index contributed by atoms with van der Waals surface area (Å²) in [6.07, 6.45) is -8.64. The minimum absolute atomic E-state index is 0.102. The molecule has 2 rings (SSSR count). The first-order valence-corrected chi connectivity index (χ1v) is 8.20. The lowest BCUT2D eigenvalue weighted by Gasteiger charge is -2.40. The molecule has 0 bridgehead atoms. The van der Waals surface area contributed by atoms with Crippen LogP contribution in [0.25, 0.3) is 0 Å². The van der Waals surface area contributed by atoms with Gasteiger partial charge >= 0.3 is 5.97 Å². The van der Waals surface area contributed by atoms with E-state index in [2.05, 4.69) is 35.5 Å². The van der Waals surface area contributed by atoms with Crippen LogP contribution in [0.2, 0.25) is 0 Å². The van der Waals surface area contributed by atoms with E-state index in [9.17, 15) is 25.2 Å². The molecule has 7 atom stereocenters. The summed E-state index contributed by atoms with van der Waals surface area (Å²) in [7, 11) is 0. The third kappa shape index (κ3) is 5.67. The molecule has 5 N–H and O–H groups in total. The minimum atomic E-state index is -1.58. The van der Waals surface area contributed by atoms with Gasteiger partial charge < -0.3 is 39.7 Å². The quantitative estimate of drug-likeness (QED) is 0.252. The van der Waals surface area contributed by atoms with Gasteiger partial charge in [0, 0.05) is 6.42 Å². The van der Waals surface area contributed by atoms with Gasteiger partial charge in [-0.3, -0.25) is 4.79 Å². The van der Waals surface area contributed by atoms with E-state index in [-0.39, 0.29) is 19.4 Å². The third-order valence-corrected chi connectivity index (χ3v) is 3.97. The zero-order valence-electron chi connectivity index (χ0n) is 14.2. The summed E-state index contributed by atoms with van der Waals surface area (Å²) in [6, 6.07) is 0. The van der Waals surface area contributed by atoms with Crippen LogP contribution in [0.3, 0.4) is 0 Å². The molecule has 146 valence electrons. The van der Waals surface area contributed by atoms with Crippen LogP contribution >= 0.6 is 0 Å². The number of hydrogen-bond acceptors (Lipinski definition) is 9. The highest BCUT2D eigenvalue weighted by molar-refractivity contribution is 5.72. The van der Waals surface area contributed by atoms with Crippen LogP contribution in [-0.2, 0) is 19.0 Å². The topological polar surface area (TPSA) is 146 Å². The van der Waals surface area contributed by atoms with Gasteiger partial charge in [-0.25, -0.2) is 0 Å². The second-order valence-electron chi connectivity index (χ2n) is 5.82. The van der Waals surface area contributed by atoms with Crippen LogP contribution in [0.5, 0.6) is 0 Å². The van der Waals surface area contributed by atoms with Gasteiger partial charge in [0.2, 0.25) is 0 Å². The van der Waals surface area contributed by atoms with Crippen LogP contribution < -0.4 is 0 Å². The SMILES string of the molecule is O=C1C[C@H](O[C@@H]2O[C@H](CO)[C@@H](O)[C@H](O)[C@H]2O)[C@@H](CC#CC#CC#CCO)O1. The Morgan fingerprint density at radius 1 is 0.963 bits per heavy atom. The van der Waals surface area contributed by atoms with Gasteiger partial charge in [0.25, 0.3) is 0 Å². The van der Waals surface area contributed by atoms with Gasteiger partial charge in [-0.05, 0) is 23.7 Å². The van der Waals surface area contributed by atoms with E-state index in [4.69, 9.17) is 19.3 Å². The Balaban J connectivity index is 1.98. The fourth-order valence-electron chi connectivity index (χ4n) is 2.59. The van der Waals surface area contributed by atoms with Crippen LogP contribution in [0, 0.1) is 35.5 Å². The Bertz CT molecular complexity index is 700. The lowest BCUT2D eigenvalue weighted by molar-refractivity contribution is -0.313. The number of aliphatic hydroxyl groups excluding tert-OH is 5. The molecule has 0 radical (unpaired) electrons. The maximum atomic E-state index is 11.6. The molecule has 0 aromatic carbocycles. The maximum Gasteiger partial charge on any atom is 0.308 e. The second kappa shape index (κ2) is 10.3. The molecule has 2 fully saturated rings. The molecular formula is C18H20O9. The Hall–Kier alpha value is -2.13.